The van der Waals surface area contributed by atoms with Crippen molar-refractivity contribution in [2.75, 3.05) is 7.11 Å². The molecule has 0 rings (SSSR count). The highest BCUT2D eigenvalue weighted by atomic mass is 28.3. The first-order valence-corrected chi connectivity index (χ1v) is 5.91. The largest absolute Gasteiger partial charge is 0.423 e. The number of hydrogen-bond donors (Lipinski definition) is 0. The van der Waals surface area contributed by atoms with Gasteiger partial charge in [-0.05, 0) is 11.1 Å². The van der Waals surface area contributed by atoms with Gasteiger partial charge >= 0.3 is 0 Å². The molecule has 0 spiro atoms. The first-order chi connectivity index (χ1) is 4.52. The zero-order valence-corrected chi connectivity index (χ0v) is 9.05. The number of hydrogen-bond acceptors (Lipinski definition) is 1. The summed E-state index contributed by atoms with van der Waals surface area (Å²) < 4.78 is 5.49. The van der Waals surface area contributed by atoms with Gasteiger partial charge in [-0.2, -0.15) is 0 Å². The molecular weight excluding hydrogens is 140 g/mol. The van der Waals surface area contributed by atoms with Crippen molar-refractivity contribution in [3.8, 4) is 0 Å². The molecule has 0 aromatic heterocycles. The highest BCUT2D eigenvalue weighted by Crippen LogP contribution is 2.29. The van der Waals surface area contributed by atoms with Crippen molar-refractivity contribution in [2.45, 2.75) is 45.2 Å². The third-order valence-corrected chi connectivity index (χ3v) is 5.40. The van der Waals surface area contributed by atoms with E-state index in [4.69, 9.17) is 4.43 Å². The molecule has 62 valence electrons. The van der Waals surface area contributed by atoms with Crippen LogP contribution < -0.4 is 0 Å². The molecule has 0 heterocycles. The fourth-order valence-corrected chi connectivity index (χ4v) is 3.50. The summed E-state index contributed by atoms with van der Waals surface area (Å²) >= 11 is 0. The van der Waals surface area contributed by atoms with E-state index >= 15 is 0 Å². The van der Waals surface area contributed by atoms with Crippen LogP contribution in [-0.4, -0.2) is 16.2 Å². The normalized spacial score (nSPS) is 15.3. The van der Waals surface area contributed by atoms with Crippen LogP contribution >= 0.6 is 0 Å². The van der Waals surface area contributed by atoms with E-state index in [1.54, 1.807) is 0 Å². The monoisotopic (exact) mass is 160 g/mol. The van der Waals surface area contributed by atoms with Gasteiger partial charge in [0.15, 0.2) is 9.04 Å². The van der Waals surface area contributed by atoms with Crippen LogP contribution in [0.15, 0.2) is 0 Å². The fourth-order valence-electron chi connectivity index (χ4n) is 1.17. The lowest BCUT2D eigenvalue weighted by atomic mass is 10.2. The van der Waals surface area contributed by atoms with Crippen LogP contribution in [0.2, 0.25) is 11.1 Å². The van der Waals surface area contributed by atoms with E-state index in [0.717, 1.165) is 0 Å². The highest BCUT2D eigenvalue weighted by Gasteiger charge is 2.25. The summed E-state index contributed by atoms with van der Waals surface area (Å²) in [5.74, 6) is 0. The summed E-state index contributed by atoms with van der Waals surface area (Å²) in [5, 5.41) is 0.435. The zero-order chi connectivity index (χ0) is 8.20. The Labute approximate surface area is 66.5 Å². The summed E-state index contributed by atoms with van der Waals surface area (Å²) in [6, 6.07) is 1.31. The molecule has 0 aromatic rings. The van der Waals surface area contributed by atoms with Crippen molar-refractivity contribution in [1.29, 1.82) is 0 Å². The predicted octanol–water partition coefficient (Wildman–Crippen LogP) is 2.57. The zero-order valence-electron chi connectivity index (χ0n) is 7.90. The van der Waals surface area contributed by atoms with Crippen molar-refractivity contribution in [3.05, 3.63) is 0 Å². The van der Waals surface area contributed by atoms with E-state index in [1.165, 1.54) is 12.5 Å². The molecule has 1 unspecified atom stereocenters. The molecule has 0 bridgehead atoms. The third kappa shape index (κ3) is 3.37. The maximum atomic E-state index is 5.49. The molecule has 0 saturated carbocycles. The quantitative estimate of drug-likeness (QED) is 0.577. The Morgan fingerprint density at radius 3 is 1.90 bits per heavy atom. The predicted molar refractivity (Wildman–Crippen MR) is 49.0 cm³/mol. The second kappa shape index (κ2) is 4.14. The topological polar surface area (TPSA) is 9.23 Å². The standard InChI is InChI=1S/C8H20OSi/c1-6-7-10(9-5)8(2,3)4/h10H,6-7H2,1-5H3. The molecule has 0 N–H and O–H groups in total. The average molecular weight is 160 g/mol. The van der Waals surface area contributed by atoms with Gasteiger partial charge in [0.1, 0.15) is 0 Å². The maximum absolute atomic E-state index is 5.49. The lowest BCUT2D eigenvalue weighted by molar-refractivity contribution is 0.388. The molecule has 2 heteroatoms. The Morgan fingerprint density at radius 2 is 1.80 bits per heavy atom. The second-order valence-corrected chi connectivity index (χ2v) is 7.64. The molecule has 0 amide bonds. The van der Waals surface area contributed by atoms with Gasteiger partial charge < -0.3 is 4.43 Å². The summed E-state index contributed by atoms with van der Waals surface area (Å²) in [7, 11) is 0.958. The van der Waals surface area contributed by atoms with Crippen molar-refractivity contribution in [1.82, 2.24) is 0 Å². The number of rotatable bonds is 3. The van der Waals surface area contributed by atoms with Gasteiger partial charge in [0.2, 0.25) is 0 Å². The SMILES string of the molecule is CCC[SiH](OC)C(C)(C)C. The molecule has 10 heavy (non-hydrogen) atoms. The first-order valence-electron chi connectivity index (χ1n) is 4.05. The summed E-state index contributed by atoms with van der Waals surface area (Å²) in [6.45, 7) is 9.07. The Hall–Kier alpha value is 0.177. The molecule has 0 aromatic carbocycles. The second-order valence-electron chi connectivity index (χ2n) is 3.88. The van der Waals surface area contributed by atoms with Crippen LogP contribution in [0, 0.1) is 0 Å². The minimum atomic E-state index is -0.901. The Bertz CT molecular complexity index is 85.7. The van der Waals surface area contributed by atoms with Crippen LogP contribution in [0.25, 0.3) is 0 Å². The first kappa shape index (κ1) is 10.2. The maximum Gasteiger partial charge on any atom is 0.181 e. The van der Waals surface area contributed by atoms with E-state index in [0.29, 0.717) is 5.04 Å². The molecule has 0 saturated heterocycles. The molecule has 0 aliphatic rings. The fraction of sp³-hybridized carbons (Fsp3) is 1.00. The van der Waals surface area contributed by atoms with Crippen molar-refractivity contribution >= 4 is 9.04 Å². The third-order valence-electron chi connectivity index (χ3n) is 1.80. The summed E-state index contributed by atoms with van der Waals surface area (Å²) in [5.41, 5.74) is 0. The highest BCUT2D eigenvalue weighted by molar-refractivity contribution is 6.55. The van der Waals surface area contributed by atoms with Gasteiger partial charge in [-0.3, -0.25) is 0 Å². The lowest BCUT2D eigenvalue weighted by Gasteiger charge is -2.26. The van der Waals surface area contributed by atoms with Gasteiger partial charge in [0.25, 0.3) is 0 Å². The van der Waals surface area contributed by atoms with Crippen LogP contribution in [0.3, 0.4) is 0 Å². The van der Waals surface area contributed by atoms with E-state index in [9.17, 15) is 0 Å². The van der Waals surface area contributed by atoms with Crippen LogP contribution in [-0.2, 0) is 4.43 Å². The average Bonchev–Trinajstić information content (AvgIpc) is 1.80. The van der Waals surface area contributed by atoms with Crippen molar-refractivity contribution < 1.29 is 4.43 Å². The van der Waals surface area contributed by atoms with Crippen LogP contribution in [0.4, 0.5) is 0 Å². The molecule has 1 atom stereocenters. The molecule has 1 nitrogen and oxygen atoms in total. The van der Waals surface area contributed by atoms with Gasteiger partial charge in [0, 0.05) is 7.11 Å². The van der Waals surface area contributed by atoms with E-state index in [1.807, 2.05) is 7.11 Å². The van der Waals surface area contributed by atoms with E-state index < -0.39 is 9.04 Å². The minimum absolute atomic E-state index is 0.435. The Morgan fingerprint density at radius 1 is 1.30 bits per heavy atom. The van der Waals surface area contributed by atoms with Crippen LogP contribution in [0.1, 0.15) is 34.1 Å². The van der Waals surface area contributed by atoms with Gasteiger partial charge in [-0.15, -0.1) is 0 Å². The van der Waals surface area contributed by atoms with Gasteiger partial charge in [-0.1, -0.05) is 34.1 Å². The molecule has 0 aliphatic heterocycles. The summed E-state index contributed by atoms with van der Waals surface area (Å²) in [4.78, 5) is 0. The minimum Gasteiger partial charge on any atom is -0.423 e. The van der Waals surface area contributed by atoms with Crippen LogP contribution in [0.5, 0.6) is 0 Å². The molecule has 0 fully saturated rings. The molecule has 0 aliphatic carbocycles. The van der Waals surface area contributed by atoms with Crippen molar-refractivity contribution in [3.63, 3.8) is 0 Å². The lowest BCUT2D eigenvalue weighted by Crippen LogP contribution is -2.27. The molecular formula is C8H20OSi. The Balaban J connectivity index is 3.81. The molecule has 0 radical (unpaired) electrons. The van der Waals surface area contributed by atoms with E-state index in [2.05, 4.69) is 27.7 Å². The van der Waals surface area contributed by atoms with Gasteiger partial charge in [0.05, 0.1) is 0 Å². The van der Waals surface area contributed by atoms with E-state index in [-0.39, 0.29) is 0 Å². The smallest absolute Gasteiger partial charge is 0.181 e. The van der Waals surface area contributed by atoms with Gasteiger partial charge in [-0.25, -0.2) is 0 Å². The summed E-state index contributed by atoms with van der Waals surface area (Å²) in [6.07, 6.45) is 1.27. The van der Waals surface area contributed by atoms with Crippen molar-refractivity contribution in [2.24, 2.45) is 0 Å². The Kier molecular flexibility index (Phi) is 4.21.